The molecule has 0 spiro atoms. The van der Waals surface area contributed by atoms with Gasteiger partial charge in [-0.15, -0.1) is 0 Å². The number of halogens is 3. The predicted molar refractivity (Wildman–Crippen MR) is 36.5 cm³/mol. The summed E-state index contributed by atoms with van der Waals surface area (Å²) in [4.78, 5) is 10.6. The third-order valence-corrected chi connectivity index (χ3v) is 1.53. The zero-order valence-corrected chi connectivity index (χ0v) is 6.69. The number of ketones is 1. The summed E-state index contributed by atoms with van der Waals surface area (Å²) < 4.78 is 35.3. The van der Waals surface area contributed by atoms with Gasteiger partial charge in [0.25, 0.3) is 0 Å². The standard InChI is InChI=1S/C7H11F3O2/c1-5(12)6(2-3-11)4-7(8,9)10/h6,11H,2-4H2,1H3. The van der Waals surface area contributed by atoms with Crippen LogP contribution < -0.4 is 0 Å². The van der Waals surface area contributed by atoms with Crippen LogP contribution in [0.15, 0.2) is 0 Å². The summed E-state index contributed by atoms with van der Waals surface area (Å²) in [6.45, 7) is 0.715. The van der Waals surface area contributed by atoms with Crippen LogP contribution in [0.1, 0.15) is 19.8 Å². The molecule has 1 unspecified atom stereocenters. The van der Waals surface area contributed by atoms with Gasteiger partial charge in [0.05, 0.1) is 6.42 Å². The molecule has 1 N–H and O–H groups in total. The Hall–Kier alpha value is -0.580. The van der Waals surface area contributed by atoms with Crippen molar-refractivity contribution in [3.8, 4) is 0 Å². The highest BCUT2D eigenvalue weighted by Gasteiger charge is 2.33. The van der Waals surface area contributed by atoms with E-state index in [2.05, 4.69) is 0 Å². The molecule has 5 heteroatoms. The predicted octanol–water partition coefficient (Wildman–Crippen LogP) is 1.53. The van der Waals surface area contributed by atoms with Crippen LogP contribution in [-0.2, 0) is 4.79 Å². The van der Waals surface area contributed by atoms with E-state index in [-0.39, 0.29) is 13.0 Å². The van der Waals surface area contributed by atoms with Gasteiger partial charge in [-0.3, -0.25) is 4.79 Å². The quantitative estimate of drug-likeness (QED) is 0.719. The van der Waals surface area contributed by atoms with Gasteiger partial charge >= 0.3 is 6.18 Å². The van der Waals surface area contributed by atoms with Crippen molar-refractivity contribution in [1.29, 1.82) is 0 Å². The van der Waals surface area contributed by atoms with Crippen LogP contribution in [0, 0.1) is 5.92 Å². The maximum absolute atomic E-state index is 11.8. The van der Waals surface area contributed by atoms with Crippen LogP contribution in [0.5, 0.6) is 0 Å². The Labute approximate surface area is 68.4 Å². The van der Waals surface area contributed by atoms with Gasteiger partial charge in [-0.2, -0.15) is 13.2 Å². The normalized spacial score (nSPS) is 14.4. The van der Waals surface area contributed by atoms with Crippen molar-refractivity contribution in [1.82, 2.24) is 0 Å². The fourth-order valence-corrected chi connectivity index (χ4v) is 0.884. The lowest BCUT2D eigenvalue weighted by atomic mass is 9.97. The Bertz CT molecular complexity index is 153. The van der Waals surface area contributed by atoms with Crippen molar-refractivity contribution in [2.75, 3.05) is 6.61 Å². The molecule has 0 aliphatic rings. The van der Waals surface area contributed by atoms with E-state index in [4.69, 9.17) is 5.11 Å². The molecule has 0 bridgehead atoms. The number of carbonyl (C=O) groups excluding carboxylic acids is 1. The largest absolute Gasteiger partial charge is 0.396 e. The van der Waals surface area contributed by atoms with Crippen LogP contribution in [-0.4, -0.2) is 23.7 Å². The molecule has 0 rings (SSSR count). The monoisotopic (exact) mass is 184 g/mol. The molecule has 0 radical (unpaired) electrons. The number of rotatable bonds is 4. The maximum atomic E-state index is 11.8. The molecule has 0 saturated heterocycles. The molecule has 0 heterocycles. The summed E-state index contributed by atoms with van der Waals surface area (Å²) in [5, 5.41) is 8.36. The van der Waals surface area contributed by atoms with Gasteiger partial charge in [0.1, 0.15) is 5.78 Å². The lowest BCUT2D eigenvalue weighted by Crippen LogP contribution is -2.21. The maximum Gasteiger partial charge on any atom is 0.389 e. The average Bonchev–Trinajstić information content (AvgIpc) is 1.83. The van der Waals surface area contributed by atoms with E-state index in [9.17, 15) is 18.0 Å². The van der Waals surface area contributed by atoms with E-state index < -0.39 is 24.3 Å². The Morgan fingerprint density at radius 2 is 2.00 bits per heavy atom. The molecular formula is C7H11F3O2. The van der Waals surface area contributed by atoms with Gasteiger partial charge in [0, 0.05) is 12.5 Å². The van der Waals surface area contributed by atoms with Crippen molar-refractivity contribution in [3.63, 3.8) is 0 Å². The number of hydrogen-bond donors (Lipinski definition) is 1. The van der Waals surface area contributed by atoms with Crippen LogP contribution in [0.2, 0.25) is 0 Å². The summed E-state index contributed by atoms with van der Waals surface area (Å²) in [5.74, 6) is -1.61. The molecular weight excluding hydrogens is 173 g/mol. The highest BCUT2D eigenvalue weighted by Crippen LogP contribution is 2.26. The van der Waals surface area contributed by atoms with Crippen molar-refractivity contribution < 1.29 is 23.1 Å². The molecule has 0 saturated carbocycles. The number of Topliss-reactive ketones (excluding diaryl/α,β-unsaturated/α-hetero) is 1. The topological polar surface area (TPSA) is 37.3 Å². The Morgan fingerprint density at radius 1 is 1.50 bits per heavy atom. The van der Waals surface area contributed by atoms with Gasteiger partial charge in [0.15, 0.2) is 0 Å². The van der Waals surface area contributed by atoms with Gasteiger partial charge < -0.3 is 5.11 Å². The molecule has 0 amide bonds. The lowest BCUT2D eigenvalue weighted by molar-refractivity contribution is -0.153. The first-order valence-corrected chi connectivity index (χ1v) is 3.55. The minimum atomic E-state index is -4.33. The second kappa shape index (κ2) is 4.45. The summed E-state index contributed by atoms with van der Waals surface area (Å²) in [6.07, 6.45) is -5.58. The highest BCUT2D eigenvalue weighted by atomic mass is 19.4. The molecule has 12 heavy (non-hydrogen) atoms. The van der Waals surface area contributed by atoms with E-state index in [1.54, 1.807) is 0 Å². The number of aliphatic hydroxyl groups excluding tert-OH is 1. The molecule has 2 nitrogen and oxygen atoms in total. The van der Waals surface area contributed by atoms with Gasteiger partial charge in [-0.25, -0.2) is 0 Å². The van der Waals surface area contributed by atoms with Crippen LogP contribution >= 0.6 is 0 Å². The molecule has 0 aromatic heterocycles. The Balaban J connectivity index is 4.05. The Kier molecular flexibility index (Phi) is 4.23. The van der Waals surface area contributed by atoms with Crippen LogP contribution in [0.4, 0.5) is 13.2 Å². The average molecular weight is 184 g/mol. The van der Waals surface area contributed by atoms with Crippen molar-refractivity contribution >= 4 is 5.78 Å². The van der Waals surface area contributed by atoms with Crippen LogP contribution in [0.3, 0.4) is 0 Å². The summed E-state index contributed by atoms with van der Waals surface area (Å²) in [6, 6.07) is 0. The summed E-state index contributed by atoms with van der Waals surface area (Å²) >= 11 is 0. The first kappa shape index (κ1) is 11.4. The van der Waals surface area contributed by atoms with Gasteiger partial charge in [-0.05, 0) is 13.3 Å². The number of alkyl halides is 3. The smallest absolute Gasteiger partial charge is 0.389 e. The van der Waals surface area contributed by atoms with Gasteiger partial charge in [0.2, 0.25) is 0 Å². The summed E-state index contributed by atoms with van der Waals surface area (Å²) in [7, 11) is 0. The second-order valence-corrected chi connectivity index (χ2v) is 2.64. The first-order valence-electron chi connectivity index (χ1n) is 3.55. The van der Waals surface area contributed by atoms with E-state index in [1.807, 2.05) is 0 Å². The molecule has 72 valence electrons. The van der Waals surface area contributed by atoms with Crippen molar-refractivity contribution in [2.45, 2.75) is 25.9 Å². The number of carbonyl (C=O) groups is 1. The van der Waals surface area contributed by atoms with E-state index in [0.29, 0.717) is 0 Å². The highest BCUT2D eigenvalue weighted by molar-refractivity contribution is 5.78. The third-order valence-electron chi connectivity index (χ3n) is 1.53. The SMILES string of the molecule is CC(=O)C(CCO)CC(F)(F)F. The zero-order chi connectivity index (χ0) is 9.78. The molecule has 1 atom stereocenters. The van der Waals surface area contributed by atoms with E-state index >= 15 is 0 Å². The zero-order valence-electron chi connectivity index (χ0n) is 6.69. The number of hydrogen-bond acceptors (Lipinski definition) is 2. The third kappa shape index (κ3) is 5.12. The van der Waals surface area contributed by atoms with Gasteiger partial charge in [-0.1, -0.05) is 0 Å². The minimum Gasteiger partial charge on any atom is -0.396 e. The molecule has 0 aromatic rings. The minimum absolute atomic E-state index is 0.116. The lowest BCUT2D eigenvalue weighted by Gasteiger charge is -2.14. The van der Waals surface area contributed by atoms with Crippen molar-refractivity contribution in [2.24, 2.45) is 5.92 Å². The second-order valence-electron chi connectivity index (χ2n) is 2.64. The first-order chi connectivity index (χ1) is 5.37. The fourth-order valence-electron chi connectivity index (χ4n) is 0.884. The van der Waals surface area contributed by atoms with E-state index in [1.165, 1.54) is 0 Å². The molecule has 0 fully saturated rings. The molecule has 0 aliphatic carbocycles. The molecule has 0 aromatic carbocycles. The fraction of sp³-hybridized carbons (Fsp3) is 0.857. The summed E-state index contributed by atoms with van der Waals surface area (Å²) in [5.41, 5.74) is 0. The molecule has 0 aliphatic heterocycles. The Morgan fingerprint density at radius 3 is 2.25 bits per heavy atom. The number of aliphatic hydroxyl groups is 1. The van der Waals surface area contributed by atoms with Crippen LogP contribution in [0.25, 0.3) is 0 Å². The van der Waals surface area contributed by atoms with Crippen molar-refractivity contribution in [3.05, 3.63) is 0 Å². The van der Waals surface area contributed by atoms with E-state index in [0.717, 1.165) is 6.92 Å².